The first-order chi connectivity index (χ1) is 31.9. The third-order valence-electron chi connectivity index (χ3n) is 11.0. The van der Waals surface area contributed by atoms with Gasteiger partial charge in [-0.1, -0.05) is 24.3 Å². The fraction of sp³-hybridized carbons (Fsp3) is 0.778. The molecule has 69 heavy (non-hydrogen) atoms. The summed E-state index contributed by atoms with van der Waals surface area (Å²) in [6.45, 7) is 20.5. The third-order valence-corrected chi connectivity index (χ3v) is 11.0. The van der Waals surface area contributed by atoms with Gasteiger partial charge in [0.2, 0.25) is 0 Å². The summed E-state index contributed by atoms with van der Waals surface area (Å²) in [5, 5.41) is 63.1. The van der Waals surface area contributed by atoms with Gasteiger partial charge in [0, 0.05) is 26.2 Å². The smallest absolute Gasteiger partial charge is 0.422 e. The molecule has 5 rings (SSSR count). The zero-order valence-electron chi connectivity index (χ0n) is 41.5. The maximum atomic E-state index is 13.3. The van der Waals surface area contributed by atoms with E-state index in [0.717, 1.165) is 11.1 Å². The number of ether oxygens (including phenoxy) is 8. The van der Waals surface area contributed by atoms with E-state index < -0.39 is 139 Å². The first-order valence-electron chi connectivity index (χ1n) is 23.1. The van der Waals surface area contributed by atoms with Crippen molar-refractivity contribution in [2.45, 2.75) is 211 Å². The van der Waals surface area contributed by atoms with E-state index in [1.165, 1.54) is 0 Å². The number of hydrogen-bond donors (Lipinski definition) is 11. The van der Waals surface area contributed by atoms with E-state index in [0.29, 0.717) is 13.1 Å². The van der Waals surface area contributed by atoms with Crippen molar-refractivity contribution in [2.24, 2.45) is 0 Å². The molecule has 11 N–H and O–H groups in total. The SMILES string of the molecule is CC(C)(C)OC(=O)NC[C@H]1O[C@H](O[C@H]2[C@H](O[C@@H]3O[C@H](CN4Cc5ccccc5C4)[C@@H](O)[C@H]3O)[C@@H](O)[C@H](NNC(=O)OC(C)(C)C)C[C@@H]2NNC(=O)OC(C)(C)C)[C@H](NC(=O)OC(C)(C)C)[C@@H](O)[C@@H]1O. The van der Waals surface area contributed by atoms with Crippen molar-refractivity contribution in [1.82, 2.24) is 37.2 Å². The highest BCUT2D eigenvalue weighted by Crippen LogP contribution is 2.35. The Balaban J connectivity index is 1.51. The number of fused-ring (bicyclic) bond motifs is 1. The maximum absolute atomic E-state index is 13.3. The molecule has 3 aliphatic heterocycles. The molecule has 0 bridgehead atoms. The van der Waals surface area contributed by atoms with Gasteiger partial charge < -0.3 is 74.1 Å². The zero-order valence-corrected chi connectivity index (χ0v) is 41.5. The van der Waals surface area contributed by atoms with E-state index in [4.69, 9.17) is 37.9 Å². The van der Waals surface area contributed by atoms with Crippen molar-refractivity contribution in [3.8, 4) is 0 Å². The minimum absolute atomic E-state index is 0.181. The van der Waals surface area contributed by atoms with Crippen molar-refractivity contribution in [3.63, 3.8) is 0 Å². The molecule has 3 fully saturated rings. The van der Waals surface area contributed by atoms with Gasteiger partial charge in [0.25, 0.3) is 0 Å². The maximum Gasteiger partial charge on any atom is 0.422 e. The molecule has 1 aromatic carbocycles. The summed E-state index contributed by atoms with van der Waals surface area (Å²) in [6, 6.07) is 3.88. The highest BCUT2D eigenvalue weighted by Gasteiger charge is 2.55. The van der Waals surface area contributed by atoms with Crippen molar-refractivity contribution < 1.29 is 82.6 Å². The zero-order chi connectivity index (χ0) is 51.4. The minimum atomic E-state index is -1.86. The van der Waals surface area contributed by atoms with Crippen LogP contribution in [0, 0.1) is 0 Å². The number of hydrogen-bond acceptors (Lipinski definition) is 20. The largest absolute Gasteiger partial charge is 0.444 e. The fourth-order valence-corrected chi connectivity index (χ4v) is 8.11. The molecule has 0 aromatic heterocycles. The van der Waals surface area contributed by atoms with Crippen LogP contribution in [0.15, 0.2) is 24.3 Å². The Morgan fingerprint density at radius 1 is 0.580 bits per heavy atom. The van der Waals surface area contributed by atoms with Crippen LogP contribution < -0.4 is 32.3 Å². The van der Waals surface area contributed by atoms with E-state index in [1.807, 2.05) is 29.2 Å². The Labute approximate surface area is 402 Å². The summed E-state index contributed by atoms with van der Waals surface area (Å²) >= 11 is 0. The quantitative estimate of drug-likeness (QED) is 0.0955. The van der Waals surface area contributed by atoms with E-state index in [-0.39, 0.29) is 13.0 Å². The van der Waals surface area contributed by atoms with Crippen LogP contribution in [0.25, 0.3) is 0 Å². The molecule has 0 unspecified atom stereocenters. The van der Waals surface area contributed by atoms with Gasteiger partial charge >= 0.3 is 24.4 Å². The molecule has 2 saturated heterocycles. The van der Waals surface area contributed by atoms with Crippen LogP contribution in [-0.2, 0) is 51.0 Å². The number of carbonyl (C=O) groups excluding carboxylic acids is 4. The van der Waals surface area contributed by atoms with Gasteiger partial charge in [-0.05, 0) is 101 Å². The van der Waals surface area contributed by atoms with Crippen molar-refractivity contribution in [2.75, 3.05) is 13.1 Å². The standard InChI is InChI=1S/C45H75N7O17/c1-42(2,3)66-38(58)46-18-26-30(54)32(56)28(47-39(59)67-43(4,5)6)36(62-26)64-34-25(49-51-41(61)69-45(10,11)12)17-24(48-50-40(60)68-44(7,8)9)29(53)35(34)65-37-33(57)31(55)27(63-37)21-52-19-22-15-13-14-16-23(22)20-52/h13-16,24-37,48-49,53-57H,17-21H2,1-12H3,(H,46,58)(H,47,59)(H,50,60)(H,51,61)/t24-,25+,26-,27-,28-,29+,30-,31-,32-,33-,34-,35-,36-,37+/m1/s1. The van der Waals surface area contributed by atoms with Gasteiger partial charge in [0.15, 0.2) is 12.6 Å². The number of aliphatic hydroxyl groups excluding tert-OH is 5. The number of alkyl carbamates (subject to hydrolysis) is 2. The van der Waals surface area contributed by atoms with E-state index in [9.17, 15) is 44.7 Å². The summed E-state index contributed by atoms with van der Waals surface area (Å²) in [6.07, 6.45) is -21.5. The number of benzene rings is 1. The molecular formula is C45H75N7O17. The van der Waals surface area contributed by atoms with Gasteiger partial charge in [0.05, 0.1) is 18.2 Å². The summed E-state index contributed by atoms with van der Waals surface area (Å²) < 4.78 is 47.1. The molecule has 0 radical (unpaired) electrons. The Bertz CT molecular complexity index is 1880. The summed E-state index contributed by atoms with van der Waals surface area (Å²) in [4.78, 5) is 54.1. The topological polar surface area (TPSA) is 319 Å². The number of aliphatic hydroxyl groups is 5. The van der Waals surface area contributed by atoms with E-state index in [1.54, 1.807) is 83.1 Å². The first kappa shape index (κ1) is 55.7. The average Bonchev–Trinajstić information content (AvgIpc) is 3.73. The molecule has 1 aliphatic carbocycles. The van der Waals surface area contributed by atoms with Crippen molar-refractivity contribution in [1.29, 1.82) is 0 Å². The second-order valence-electron chi connectivity index (χ2n) is 21.7. The summed E-state index contributed by atoms with van der Waals surface area (Å²) in [5.41, 5.74) is 8.91. The molecule has 4 amide bonds. The lowest BCUT2D eigenvalue weighted by atomic mass is 9.83. The van der Waals surface area contributed by atoms with Crippen molar-refractivity contribution >= 4 is 24.4 Å². The molecule has 14 atom stereocenters. The molecular weight excluding hydrogens is 911 g/mol. The van der Waals surface area contributed by atoms with Crippen LogP contribution in [0.3, 0.4) is 0 Å². The average molecular weight is 986 g/mol. The normalized spacial score (nSPS) is 32.1. The lowest BCUT2D eigenvalue weighted by Crippen LogP contribution is -2.71. The number of nitrogens with zero attached hydrogens (tertiary/aromatic N) is 1. The molecule has 4 aliphatic rings. The van der Waals surface area contributed by atoms with Crippen LogP contribution >= 0.6 is 0 Å². The molecule has 0 spiro atoms. The molecule has 1 saturated carbocycles. The Kier molecular flexibility index (Phi) is 18.2. The number of rotatable bonds is 13. The molecule has 24 nitrogen and oxygen atoms in total. The summed E-state index contributed by atoms with van der Waals surface area (Å²) in [5.74, 6) is 0. The lowest BCUT2D eigenvalue weighted by molar-refractivity contribution is -0.311. The third kappa shape index (κ3) is 16.4. The first-order valence-corrected chi connectivity index (χ1v) is 23.1. The van der Waals surface area contributed by atoms with E-state index in [2.05, 4.69) is 32.3 Å². The highest BCUT2D eigenvalue weighted by molar-refractivity contribution is 5.69. The fourth-order valence-electron chi connectivity index (χ4n) is 8.11. The predicted molar refractivity (Wildman–Crippen MR) is 242 cm³/mol. The van der Waals surface area contributed by atoms with Gasteiger partial charge in [-0.15, -0.1) is 0 Å². The molecule has 392 valence electrons. The number of hydrazine groups is 2. The predicted octanol–water partition coefficient (Wildman–Crippen LogP) is 0.644. The van der Waals surface area contributed by atoms with Crippen molar-refractivity contribution in [3.05, 3.63) is 35.4 Å². The second kappa shape index (κ2) is 22.5. The van der Waals surface area contributed by atoms with Gasteiger partial charge in [0.1, 0.15) is 77.3 Å². The number of carbonyl (C=O) groups is 4. The Morgan fingerprint density at radius 2 is 1.04 bits per heavy atom. The van der Waals surface area contributed by atoms with Crippen LogP contribution in [-0.4, -0.2) is 176 Å². The molecule has 24 heteroatoms. The van der Waals surface area contributed by atoms with E-state index >= 15 is 0 Å². The van der Waals surface area contributed by atoms with Crippen LogP contribution in [0.4, 0.5) is 19.2 Å². The highest BCUT2D eigenvalue weighted by atomic mass is 16.7. The minimum Gasteiger partial charge on any atom is -0.444 e. The number of amides is 4. The Morgan fingerprint density at radius 3 is 1.58 bits per heavy atom. The monoisotopic (exact) mass is 986 g/mol. The van der Waals surface area contributed by atoms with Gasteiger partial charge in [-0.3, -0.25) is 15.8 Å². The molecule has 1 aromatic rings. The number of nitrogens with one attached hydrogen (secondary N) is 6. The van der Waals surface area contributed by atoms with Gasteiger partial charge in [-0.25, -0.2) is 30.0 Å². The second-order valence-corrected chi connectivity index (χ2v) is 21.7. The van der Waals surface area contributed by atoms with Crippen LogP contribution in [0.2, 0.25) is 0 Å². The van der Waals surface area contributed by atoms with Crippen LogP contribution in [0.5, 0.6) is 0 Å². The Hall–Kier alpha value is -4.18. The summed E-state index contributed by atoms with van der Waals surface area (Å²) in [7, 11) is 0. The van der Waals surface area contributed by atoms with Crippen LogP contribution in [0.1, 0.15) is 101 Å². The van der Waals surface area contributed by atoms with Gasteiger partial charge in [-0.2, -0.15) is 0 Å². The molecule has 3 heterocycles. The lowest BCUT2D eigenvalue weighted by Gasteiger charge is -2.49.